The summed E-state index contributed by atoms with van der Waals surface area (Å²) >= 11 is 0. The molecule has 5 fully saturated rings. The maximum Gasteiger partial charge on any atom is 0.223 e. The van der Waals surface area contributed by atoms with Crippen LogP contribution in [0.15, 0.2) is 30.3 Å². The lowest BCUT2D eigenvalue weighted by Gasteiger charge is -2.57. The minimum absolute atomic E-state index is 0.136. The van der Waals surface area contributed by atoms with Crippen molar-refractivity contribution in [3.8, 4) is 0 Å². The lowest BCUT2D eigenvalue weighted by atomic mass is 9.49. The average Bonchev–Trinajstić information content (AvgIpc) is 2.72. The topological polar surface area (TPSA) is 49.4 Å². The molecule has 0 radical (unpaired) electrons. The van der Waals surface area contributed by atoms with Crippen LogP contribution in [0.1, 0.15) is 69.8 Å². The van der Waals surface area contributed by atoms with Gasteiger partial charge in [-0.1, -0.05) is 30.3 Å². The lowest BCUT2D eigenvalue weighted by Crippen LogP contribution is -2.50. The van der Waals surface area contributed by atoms with E-state index in [1.165, 1.54) is 44.1 Å². The second-order valence-electron chi connectivity index (χ2n) is 10.8. The number of hydrogen-bond acceptors (Lipinski definition) is 2. The van der Waals surface area contributed by atoms with E-state index in [0.717, 1.165) is 56.5 Å². The second-order valence-corrected chi connectivity index (χ2v) is 10.8. The van der Waals surface area contributed by atoms with Crippen LogP contribution in [0.25, 0.3) is 0 Å². The summed E-state index contributed by atoms with van der Waals surface area (Å²) in [4.78, 5) is 27.5. The van der Waals surface area contributed by atoms with E-state index in [1.807, 2.05) is 18.2 Å². The Morgan fingerprint density at radius 2 is 1.53 bits per heavy atom. The number of benzene rings is 1. The number of aryl methyl sites for hydroxylation is 1. The maximum atomic E-state index is 13.1. The molecule has 0 atom stereocenters. The number of hydrogen-bond donors (Lipinski definition) is 1. The van der Waals surface area contributed by atoms with Crippen LogP contribution in [0, 0.1) is 23.2 Å². The fraction of sp³-hybridized carbons (Fsp3) is 0.692. The third-order valence-corrected chi connectivity index (χ3v) is 8.39. The molecule has 162 valence electrons. The Balaban J connectivity index is 1.06. The van der Waals surface area contributed by atoms with Gasteiger partial charge in [0.2, 0.25) is 11.8 Å². The van der Waals surface area contributed by atoms with Gasteiger partial charge in [-0.3, -0.25) is 9.59 Å². The van der Waals surface area contributed by atoms with Gasteiger partial charge in [-0.2, -0.15) is 0 Å². The molecule has 1 saturated heterocycles. The molecule has 1 N–H and O–H groups in total. The molecule has 1 aromatic carbocycles. The molecule has 0 aromatic heterocycles. The Hall–Kier alpha value is -1.84. The third-order valence-electron chi connectivity index (χ3n) is 8.39. The van der Waals surface area contributed by atoms with Crippen LogP contribution in [0.4, 0.5) is 0 Å². The fourth-order valence-electron chi connectivity index (χ4n) is 7.41. The summed E-state index contributed by atoms with van der Waals surface area (Å²) in [5.41, 5.74) is 1.53. The molecule has 6 rings (SSSR count). The van der Waals surface area contributed by atoms with E-state index in [9.17, 15) is 9.59 Å². The summed E-state index contributed by atoms with van der Waals surface area (Å²) in [5, 5.41) is 3.20. The van der Waals surface area contributed by atoms with Gasteiger partial charge in [-0.25, -0.2) is 0 Å². The van der Waals surface area contributed by atoms with Gasteiger partial charge in [-0.05, 0) is 86.5 Å². The van der Waals surface area contributed by atoms with Crippen molar-refractivity contribution < 1.29 is 9.59 Å². The minimum atomic E-state index is 0.136. The zero-order chi connectivity index (χ0) is 20.6. The first-order valence-corrected chi connectivity index (χ1v) is 12.2. The van der Waals surface area contributed by atoms with Gasteiger partial charge >= 0.3 is 0 Å². The molecular formula is C26H36N2O2. The fourth-order valence-corrected chi connectivity index (χ4v) is 7.41. The van der Waals surface area contributed by atoms with Crippen LogP contribution in [0.5, 0.6) is 0 Å². The first-order valence-electron chi connectivity index (χ1n) is 12.2. The Morgan fingerprint density at radius 1 is 0.933 bits per heavy atom. The molecule has 4 saturated carbocycles. The highest BCUT2D eigenvalue weighted by atomic mass is 16.2. The van der Waals surface area contributed by atoms with Crippen molar-refractivity contribution in [2.75, 3.05) is 13.1 Å². The highest BCUT2D eigenvalue weighted by Crippen LogP contribution is 2.61. The lowest BCUT2D eigenvalue weighted by molar-refractivity contribution is -0.140. The molecule has 0 unspecified atom stereocenters. The summed E-state index contributed by atoms with van der Waals surface area (Å²) in [6.45, 7) is 1.60. The summed E-state index contributed by atoms with van der Waals surface area (Å²) < 4.78 is 0. The minimum Gasteiger partial charge on any atom is -0.353 e. The quantitative estimate of drug-likeness (QED) is 0.761. The van der Waals surface area contributed by atoms with Crippen LogP contribution in [0.3, 0.4) is 0 Å². The number of piperidine rings is 1. The maximum absolute atomic E-state index is 13.1. The standard InChI is InChI=1S/C26H36N2O2/c29-24(7-6-19-4-2-1-3-5-19)27-23-8-10-28(11-9-23)25(30)18-26-15-20-12-21(16-26)14-22(13-20)17-26/h1-5,20-23H,6-18H2,(H,27,29). The van der Waals surface area contributed by atoms with Crippen molar-refractivity contribution >= 4 is 11.8 Å². The smallest absolute Gasteiger partial charge is 0.223 e. The van der Waals surface area contributed by atoms with Gasteiger partial charge in [0.25, 0.3) is 0 Å². The molecule has 4 bridgehead atoms. The number of rotatable bonds is 6. The van der Waals surface area contributed by atoms with Crippen LogP contribution in [-0.4, -0.2) is 35.8 Å². The van der Waals surface area contributed by atoms with E-state index in [1.54, 1.807) is 0 Å². The molecule has 4 nitrogen and oxygen atoms in total. The van der Waals surface area contributed by atoms with Crippen molar-refractivity contribution in [3.05, 3.63) is 35.9 Å². The van der Waals surface area contributed by atoms with Crippen molar-refractivity contribution in [3.63, 3.8) is 0 Å². The van der Waals surface area contributed by atoms with Crippen molar-refractivity contribution in [1.29, 1.82) is 0 Å². The normalized spacial score (nSPS) is 32.9. The molecule has 1 aromatic rings. The van der Waals surface area contributed by atoms with E-state index in [2.05, 4.69) is 22.3 Å². The van der Waals surface area contributed by atoms with Gasteiger partial charge in [0.1, 0.15) is 0 Å². The van der Waals surface area contributed by atoms with E-state index in [-0.39, 0.29) is 11.9 Å². The van der Waals surface area contributed by atoms with E-state index in [4.69, 9.17) is 0 Å². The van der Waals surface area contributed by atoms with Gasteiger partial charge in [0.05, 0.1) is 0 Å². The molecule has 0 spiro atoms. The highest BCUT2D eigenvalue weighted by molar-refractivity contribution is 5.78. The van der Waals surface area contributed by atoms with Crippen molar-refractivity contribution in [2.45, 2.75) is 76.7 Å². The number of likely N-dealkylation sites (tertiary alicyclic amines) is 1. The molecule has 2 amide bonds. The second kappa shape index (κ2) is 8.36. The molecule has 1 heterocycles. The Kier molecular flexibility index (Phi) is 5.59. The number of nitrogens with zero attached hydrogens (tertiary/aromatic N) is 1. The van der Waals surface area contributed by atoms with Crippen molar-refractivity contribution in [1.82, 2.24) is 10.2 Å². The van der Waals surface area contributed by atoms with Crippen LogP contribution < -0.4 is 5.32 Å². The van der Waals surface area contributed by atoms with Gasteiger partial charge < -0.3 is 10.2 Å². The van der Waals surface area contributed by atoms with E-state index < -0.39 is 0 Å². The Morgan fingerprint density at radius 3 is 2.13 bits per heavy atom. The van der Waals surface area contributed by atoms with Gasteiger partial charge in [0.15, 0.2) is 0 Å². The van der Waals surface area contributed by atoms with E-state index >= 15 is 0 Å². The van der Waals surface area contributed by atoms with E-state index in [0.29, 0.717) is 17.7 Å². The van der Waals surface area contributed by atoms with Crippen LogP contribution in [-0.2, 0) is 16.0 Å². The molecule has 4 heteroatoms. The molecule has 1 aliphatic heterocycles. The highest BCUT2D eigenvalue weighted by Gasteiger charge is 2.51. The Labute approximate surface area is 180 Å². The molecular weight excluding hydrogens is 372 g/mol. The third kappa shape index (κ3) is 4.43. The summed E-state index contributed by atoms with van der Waals surface area (Å²) in [6.07, 6.45) is 12.1. The summed E-state index contributed by atoms with van der Waals surface area (Å²) in [5.74, 6) is 3.23. The van der Waals surface area contributed by atoms with Gasteiger partial charge in [-0.15, -0.1) is 0 Å². The Bertz CT molecular complexity index is 731. The zero-order valence-corrected chi connectivity index (χ0v) is 18.2. The predicted molar refractivity (Wildman–Crippen MR) is 118 cm³/mol. The van der Waals surface area contributed by atoms with Crippen LogP contribution >= 0.6 is 0 Å². The average molecular weight is 409 g/mol. The summed E-state index contributed by atoms with van der Waals surface area (Å²) in [6, 6.07) is 10.4. The summed E-state index contributed by atoms with van der Waals surface area (Å²) in [7, 11) is 0. The molecule has 5 aliphatic rings. The number of carbonyl (C=O) groups is 2. The number of nitrogens with one attached hydrogen (secondary N) is 1. The number of carbonyl (C=O) groups excluding carboxylic acids is 2. The zero-order valence-electron chi connectivity index (χ0n) is 18.2. The monoisotopic (exact) mass is 408 g/mol. The molecule has 30 heavy (non-hydrogen) atoms. The molecule has 4 aliphatic carbocycles. The van der Waals surface area contributed by atoms with Crippen LogP contribution in [0.2, 0.25) is 0 Å². The number of amides is 2. The van der Waals surface area contributed by atoms with Crippen molar-refractivity contribution in [2.24, 2.45) is 23.2 Å². The first-order chi connectivity index (χ1) is 14.6. The SMILES string of the molecule is O=C(CCc1ccccc1)NC1CCN(C(=O)CC23CC4CC(CC(C4)C2)C3)CC1. The first kappa shape index (κ1) is 20.1. The van der Waals surface area contributed by atoms with Gasteiger partial charge in [0, 0.05) is 32.0 Å². The largest absolute Gasteiger partial charge is 0.353 e. The predicted octanol–water partition coefficient (Wildman–Crippen LogP) is 4.33.